The number of hydrogen-bond acceptors (Lipinski definition) is 0. The molecular formula is C52H60Cl2Zr. The maximum absolute atomic E-state index is 3.15. The van der Waals surface area contributed by atoms with Crippen LogP contribution in [0.25, 0.3) is 34.4 Å². The minimum Gasteiger partial charge on any atom is -1.00 e. The second-order valence-electron chi connectivity index (χ2n) is 18.0. The Bertz CT molecular complexity index is 1890. The minimum atomic E-state index is -3.15. The van der Waals surface area contributed by atoms with Gasteiger partial charge in [-0.1, -0.05) is 0 Å². The van der Waals surface area contributed by atoms with Crippen molar-refractivity contribution in [2.45, 2.75) is 131 Å². The summed E-state index contributed by atoms with van der Waals surface area (Å²) in [6, 6.07) is 34.4. The van der Waals surface area contributed by atoms with Gasteiger partial charge in [0.25, 0.3) is 0 Å². The molecule has 4 aromatic carbocycles. The van der Waals surface area contributed by atoms with E-state index in [1.54, 1.807) is 22.3 Å². The van der Waals surface area contributed by atoms with Crippen LogP contribution in [0.2, 0.25) is 7.25 Å². The van der Waals surface area contributed by atoms with Crippen LogP contribution in [0, 0.1) is 11.8 Å². The molecule has 4 fully saturated rings. The maximum atomic E-state index is 2.85. The van der Waals surface area contributed by atoms with Gasteiger partial charge in [-0.3, -0.25) is 0 Å². The average Bonchev–Trinajstić information content (AvgIpc) is 3.49. The zero-order valence-electron chi connectivity index (χ0n) is 33.3. The summed E-state index contributed by atoms with van der Waals surface area (Å²) < 4.78 is 3.54. The molecule has 4 aromatic rings. The summed E-state index contributed by atoms with van der Waals surface area (Å²) in [6.07, 6.45) is 28.1. The van der Waals surface area contributed by atoms with Crippen molar-refractivity contribution < 1.29 is 45.1 Å². The number of benzene rings is 4. The molecule has 1 heterocycles. The summed E-state index contributed by atoms with van der Waals surface area (Å²) in [4.78, 5) is 0. The van der Waals surface area contributed by atoms with Crippen LogP contribution >= 0.6 is 0 Å². The van der Waals surface area contributed by atoms with Crippen LogP contribution in [0.3, 0.4) is 0 Å². The normalized spacial score (nSPS) is 26.0. The van der Waals surface area contributed by atoms with Crippen molar-refractivity contribution in [2.24, 2.45) is 11.8 Å². The molecular weight excluding hydrogens is 787 g/mol. The van der Waals surface area contributed by atoms with Crippen molar-refractivity contribution in [1.82, 2.24) is 0 Å². The Balaban J connectivity index is 0.00000214. The van der Waals surface area contributed by atoms with E-state index < -0.39 is 20.3 Å². The van der Waals surface area contributed by atoms with Crippen LogP contribution in [0.5, 0.6) is 0 Å². The van der Waals surface area contributed by atoms with Gasteiger partial charge in [0.1, 0.15) is 0 Å². The van der Waals surface area contributed by atoms with Gasteiger partial charge in [0.05, 0.1) is 0 Å². The SMILES string of the molecule is CCc1ccc(-c2cccc3c2C=C(C2CCCCC2)[CH]3[Zr+2]2([CH]3C(C4CCCCC4)=Cc4c(-c5ccc(CC)cc5)cccc43)[CH]3CCCC[CH]32)cc1.[Cl-].[Cl-]. The molecule has 5 aliphatic carbocycles. The van der Waals surface area contributed by atoms with E-state index in [9.17, 15) is 0 Å². The molecule has 0 N–H and O–H groups in total. The molecule has 0 bridgehead atoms. The Kier molecular flexibility index (Phi) is 12.0. The molecule has 55 heavy (non-hydrogen) atoms. The summed E-state index contributed by atoms with van der Waals surface area (Å²) in [6.45, 7) is 4.56. The fourth-order valence-corrected chi connectivity index (χ4v) is 36.4. The van der Waals surface area contributed by atoms with E-state index in [1.165, 1.54) is 123 Å². The molecule has 1 saturated heterocycles. The molecule has 6 aliphatic rings. The Labute approximate surface area is 349 Å². The predicted molar refractivity (Wildman–Crippen MR) is 223 cm³/mol. The summed E-state index contributed by atoms with van der Waals surface area (Å²) >= 11 is -3.15. The van der Waals surface area contributed by atoms with Gasteiger partial charge in [-0.15, -0.1) is 0 Å². The number of allylic oxidation sites excluding steroid dienone is 2. The molecule has 1 aliphatic heterocycles. The first-order valence-electron chi connectivity index (χ1n) is 22.1. The second kappa shape index (κ2) is 16.6. The molecule has 0 aromatic heterocycles. The smallest absolute Gasteiger partial charge is 1.00 e. The van der Waals surface area contributed by atoms with E-state index in [4.69, 9.17) is 0 Å². The van der Waals surface area contributed by atoms with E-state index in [1.807, 2.05) is 11.1 Å². The zero-order chi connectivity index (χ0) is 35.5. The predicted octanol–water partition coefficient (Wildman–Crippen LogP) is 9.21. The van der Waals surface area contributed by atoms with Crippen LogP contribution < -0.4 is 24.8 Å². The van der Waals surface area contributed by atoms with Gasteiger partial charge < -0.3 is 24.8 Å². The molecule has 0 radical (unpaired) electrons. The topological polar surface area (TPSA) is 0 Å². The van der Waals surface area contributed by atoms with Gasteiger partial charge in [0, 0.05) is 0 Å². The maximum Gasteiger partial charge on any atom is -1.00 e. The van der Waals surface area contributed by atoms with Gasteiger partial charge in [0.2, 0.25) is 0 Å². The third kappa shape index (κ3) is 6.68. The van der Waals surface area contributed by atoms with Gasteiger partial charge in [-0.05, 0) is 0 Å². The number of aryl methyl sites for hydroxylation is 2. The molecule has 286 valence electrons. The number of rotatable bonds is 8. The largest absolute Gasteiger partial charge is 1.00 e. The number of hydrogen-bond donors (Lipinski definition) is 0. The van der Waals surface area contributed by atoms with Gasteiger partial charge in [-0.25, -0.2) is 0 Å². The Hall–Kier alpha value is -2.18. The molecule has 3 saturated carbocycles. The van der Waals surface area contributed by atoms with Gasteiger partial charge in [-0.2, -0.15) is 0 Å². The van der Waals surface area contributed by atoms with E-state index in [-0.39, 0.29) is 24.8 Å². The first-order chi connectivity index (χ1) is 26.2. The molecule has 3 heteroatoms. The van der Waals surface area contributed by atoms with Crippen molar-refractivity contribution >= 4 is 12.2 Å². The molecule has 4 atom stereocenters. The van der Waals surface area contributed by atoms with Crippen LogP contribution in [0.15, 0.2) is 96.1 Å². The molecule has 10 rings (SSSR count). The number of fused-ring (bicyclic) bond motifs is 3. The minimum absolute atomic E-state index is 0. The van der Waals surface area contributed by atoms with E-state index in [0.717, 1.165) is 39.2 Å². The van der Waals surface area contributed by atoms with Crippen molar-refractivity contribution in [2.75, 3.05) is 0 Å². The Morgan fingerprint density at radius 3 is 1.22 bits per heavy atom. The fraction of sp³-hybridized carbons (Fsp3) is 0.462. The molecule has 0 amide bonds. The van der Waals surface area contributed by atoms with Gasteiger partial charge >= 0.3 is 327 Å². The zero-order valence-corrected chi connectivity index (χ0v) is 37.2. The molecule has 4 unspecified atom stereocenters. The quantitative estimate of drug-likeness (QED) is 0.166. The Morgan fingerprint density at radius 1 is 0.455 bits per heavy atom. The summed E-state index contributed by atoms with van der Waals surface area (Å²) in [5.74, 6) is 1.55. The summed E-state index contributed by atoms with van der Waals surface area (Å²) in [5, 5.41) is 0. The van der Waals surface area contributed by atoms with Crippen LogP contribution in [-0.4, -0.2) is 0 Å². The van der Waals surface area contributed by atoms with E-state index in [0.29, 0.717) is 0 Å². The molecule has 0 spiro atoms. The van der Waals surface area contributed by atoms with Crippen molar-refractivity contribution in [1.29, 1.82) is 0 Å². The third-order valence-corrected chi connectivity index (χ3v) is 32.5. The van der Waals surface area contributed by atoms with Crippen LogP contribution in [0.1, 0.15) is 144 Å². The van der Waals surface area contributed by atoms with E-state index in [2.05, 4.69) is 111 Å². The standard InChI is InChI=1S/2C23H25.C6H10.2ClH.Zr/c2*1-2-17-11-13-19(14-12-17)22-10-6-9-20-15-21(16-23(20)22)18-7-4-3-5-8-18;1-2-4-6-5-3-1;;;/h2*6,9-16,18H,2-5,7-8H2,1H3;1-2H,3-6H2;2*1H;/q;;;;;+2/p-2. The fourth-order valence-electron chi connectivity index (χ4n) is 13.1. The van der Waals surface area contributed by atoms with E-state index >= 15 is 0 Å². The number of halogens is 2. The van der Waals surface area contributed by atoms with Crippen molar-refractivity contribution in [3.05, 3.63) is 129 Å². The monoisotopic (exact) mass is 844 g/mol. The van der Waals surface area contributed by atoms with Crippen molar-refractivity contribution in [3.8, 4) is 22.3 Å². The van der Waals surface area contributed by atoms with Gasteiger partial charge in [0.15, 0.2) is 0 Å². The van der Waals surface area contributed by atoms with Crippen LogP contribution in [0.4, 0.5) is 0 Å². The Morgan fingerprint density at radius 2 is 0.836 bits per heavy atom. The first kappa shape index (κ1) is 39.6. The summed E-state index contributed by atoms with van der Waals surface area (Å²) in [7, 11) is 0. The summed E-state index contributed by atoms with van der Waals surface area (Å²) in [5.41, 5.74) is 19.4. The average molecular weight is 847 g/mol. The third-order valence-electron chi connectivity index (χ3n) is 15.6. The first-order valence-corrected chi connectivity index (χ1v) is 27.8. The second-order valence-corrected chi connectivity index (χ2v) is 29.4. The molecule has 0 nitrogen and oxygen atoms in total. The van der Waals surface area contributed by atoms with Crippen LogP contribution in [-0.2, 0) is 33.1 Å². The van der Waals surface area contributed by atoms with Crippen molar-refractivity contribution in [3.63, 3.8) is 0 Å².